The van der Waals surface area contributed by atoms with E-state index in [0.29, 0.717) is 0 Å². The van der Waals surface area contributed by atoms with Gasteiger partial charge in [0, 0.05) is 125 Å². The molecule has 0 fully saturated rings. The summed E-state index contributed by atoms with van der Waals surface area (Å²) in [6.45, 7) is 0.00605. The second kappa shape index (κ2) is 17.7. The molecule has 346 valence electrons. The van der Waals surface area contributed by atoms with Crippen LogP contribution < -0.4 is 9.47 Å². The maximum absolute atomic E-state index is 10.5. The summed E-state index contributed by atoms with van der Waals surface area (Å²) in [7, 11) is 0. The predicted octanol–water partition coefficient (Wildman–Crippen LogP) is 18.2. The minimum Gasteiger partial charge on any atom is -0.490 e. The molecular weight excluding hydrogens is 961 g/mol. The van der Waals surface area contributed by atoms with Crippen molar-refractivity contribution in [3.63, 3.8) is 0 Å². The molecule has 0 unspecified atom stereocenters. The van der Waals surface area contributed by atoms with Gasteiger partial charge < -0.3 is 19.7 Å². The van der Waals surface area contributed by atoms with E-state index in [2.05, 4.69) is 194 Å². The van der Waals surface area contributed by atoms with E-state index in [1.54, 1.807) is 45.3 Å². The highest BCUT2D eigenvalue weighted by atomic mass is 32.1. The van der Waals surface area contributed by atoms with Crippen LogP contribution in [-0.2, 0) is 0 Å². The molecule has 14 rings (SSSR count). The monoisotopic (exact) mass is 1000 g/mol. The molecule has 14 aromatic rings. The van der Waals surface area contributed by atoms with Gasteiger partial charge in [0.05, 0.1) is 13.2 Å². The summed E-state index contributed by atoms with van der Waals surface area (Å²) in [5.41, 5.74) is 10.1. The maximum Gasteiger partial charge on any atom is 0.135 e. The first-order valence-electron chi connectivity index (χ1n) is 24.1. The molecule has 10 aromatic carbocycles. The van der Waals surface area contributed by atoms with Crippen molar-refractivity contribution in [2.45, 2.75) is 0 Å². The van der Waals surface area contributed by atoms with Crippen LogP contribution in [0.5, 0.6) is 11.5 Å². The van der Waals surface area contributed by atoms with E-state index >= 15 is 0 Å². The highest BCUT2D eigenvalue weighted by Gasteiger charge is 2.26. The van der Waals surface area contributed by atoms with Crippen molar-refractivity contribution in [1.29, 1.82) is 0 Å². The van der Waals surface area contributed by atoms with Gasteiger partial charge in [0.2, 0.25) is 0 Å². The normalized spacial score (nSPS) is 12.0. The van der Waals surface area contributed by atoms with Crippen LogP contribution in [0.15, 0.2) is 194 Å². The van der Waals surface area contributed by atoms with Gasteiger partial charge in [0.15, 0.2) is 0 Å². The molecule has 0 saturated carbocycles. The Kier molecular flexibility index (Phi) is 10.7. The minimum atomic E-state index is -0.130. The topological polar surface area (TPSA) is 58.9 Å². The van der Waals surface area contributed by atoms with Gasteiger partial charge in [0.25, 0.3) is 0 Å². The van der Waals surface area contributed by atoms with Crippen LogP contribution in [0.4, 0.5) is 0 Å². The van der Waals surface area contributed by atoms with E-state index in [1.807, 2.05) is 0 Å². The Labute approximate surface area is 430 Å². The molecule has 4 aromatic heterocycles. The molecule has 0 saturated heterocycles. The van der Waals surface area contributed by atoms with Crippen molar-refractivity contribution in [1.82, 2.24) is 0 Å². The molecule has 0 aliphatic carbocycles. The van der Waals surface area contributed by atoms with E-state index < -0.39 is 0 Å². The van der Waals surface area contributed by atoms with Gasteiger partial charge in [-0.3, -0.25) is 0 Å². The molecule has 0 atom stereocenters. The Hall–Kier alpha value is -7.40. The first-order chi connectivity index (χ1) is 35.6. The number of aliphatic hydroxyl groups excluding tert-OH is 2. The van der Waals surface area contributed by atoms with Crippen LogP contribution in [-0.4, -0.2) is 36.6 Å². The molecule has 2 N–H and O–H groups in total. The molecule has 4 nitrogen and oxygen atoms in total. The lowest BCUT2D eigenvalue weighted by Gasteiger charge is -2.22. The Bertz CT molecular complexity index is 3900. The van der Waals surface area contributed by atoms with Gasteiger partial charge in [-0.05, 0) is 59.7 Å². The number of ether oxygens (including phenoxy) is 2. The van der Waals surface area contributed by atoms with E-state index in [4.69, 9.17) is 9.47 Å². The molecule has 0 radical (unpaired) electrons. The number of thiophene rings is 4. The summed E-state index contributed by atoms with van der Waals surface area (Å²) < 4.78 is 23.4. The smallest absolute Gasteiger partial charge is 0.135 e. The first kappa shape index (κ1) is 43.4. The quantitative estimate of drug-likeness (QED) is 0.136. The lowest BCUT2D eigenvalue weighted by Crippen LogP contribution is -2.05. The van der Waals surface area contributed by atoms with Crippen LogP contribution in [0.3, 0.4) is 0 Å². The van der Waals surface area contributed by atoms with Gasteiger partial charge in [0.1, 0.15) is 24.7 Å². The number of rotatable bonds is 11. The zero-order valence-corrected chi connectivity index (χ0v) is 41.9. The Morgan fingerprint density at radius 3 is 0.792 bits per heavy atom. The van der Waals surface area contributed by atoms with Gasteiger partial charge in [-0.1, -0.05) is 146 Å². The van der Waals surface area contributed by atoms with Crippen molar-refractivity contribution in [3.05, 3.63) is 194 Å². The molecule has 8 heteroatoms. The van der Waals surface area contributed by atoms with Crippen molar-refractivity contribution in [2.75, 3.05) is 26.4 Å². The SMILES string of the molecule is OCCOc1c(-c2cccc3c2sc2ccccc23)cc(-c2cc(-c3cccc4c3sc3ccccc34)c(OCCO)c(-c3cccc4c3sc3ccccc34)c2)cc1-c1cccc2c1sc1ccccc12. The molecule has 0 aliphatic rings. The third-order valence-corrected chi connectivity index (χ3v) is 18.8. The average molecular weight is 1000 g/mol. The molecule has 72 heavy (non-hydrogen) atoms. The van der Waals surface area contributed by atoms with Gasteiger partial charge in [-0.2, -0.15) is 0 Å². The highest BCUT2D eigenvalue weighted by Crippen LogP contribution is 2.54. The van der Waals surface area contributed by atoms with Crippen molar-refractivity contribution in [2.24, 2.45) is 0 Å². The highest BCUT2D eigenvalue weighted by molar-refractivity contribution is 7.27. The van der Waals surface area contributed by atoms with Crippen molar-refractivity contribution >= 4 is 126 Å². The number of aliphatic hydroxyl groups is 2. The number of benzene rings is 10. The summed E-state index contributed by atoms with van der Waals surface area (Å²) in [5.74, 6) is 1.47. The standard InChI is InChI=1S/C64H42O4S4/c65-29-31-67-59-51(47-21-9-17-43-39-13-1-5-25-55(39)69-61(43)47)33-37(34-52(59)48-22-10-18-44-40-14-2-6-26-56(40)70-62(44)48)38-35-53(49-23-11-19-45-41-15-3-7-27-57(41)71-63(45)49)60(68-32-30-66)54(36-38)50-24-12-20-46-42-16-4-8-28-58(42)72-64(46)50/h1-28,33-36,65-66H,29-32H2. The third kappa shape index (κ3) is 6.97. The Morgan fingerprint density at radius 2 is 0.528 bits per heavy atom. The van der Waals surface area contributed by atoms with Gasteiger partial charge in [-0.15, -0.1) is 45.3 Å². The Morgan fingerprint density at radius 1 is 0.278 bits per heavy atom. The fourth-order valence-corrected chi connectivity index (χ4v) is 15.8. The van der Waals surface area contributed by atoms with E-state index in [-0.39, 0.29) is 26.4 Å². The maximum atomic E-state index is 10.5. The zero-order valence-electron chi connectivity index (χ0n) is 38.6. The number of fused-ring (bicyclic) bond motifs is 12. The fourth-order valence-electron chi connectivity index (χ4n) is 10.8. The fraction of sp³-hybridized carbons (Fsp3) is 0.0625. The summed E-state index contributed by atoms with van der Waals surface area (Å²) in [5, 5.41) is 30.6. The summed E-state index contributed by atoms with van der Waals surface area (Å²) in [4.78, 5) is 0. The second-order valence-electron chi connectivity index (χ2n) is 18.1. The van der Waals surface area contributed by atoms with Gasteiger partial charge in [-0.25, -0.2) is 0 Å². The van der Waals surface area contributed by atoms with E-state index in [9.17, 15) is 10.2 Å². The summed E-state index contributed by atoms with van der Waals surface area (Å²) in [6, 6.07) is 70.2. The largest absolute Gasteiger partial charge is 0.490 e. The second-order valence-corrected chi connectivity index (χ2v) is 22.3. The Balaban J connectivity index is 1.12. The summed E-state index contributed by atoms with van der Waals surface area (Å²) in [6.07, 6.45) is 0. The van der Waals surface area contributed by atoms with Crippen molar-refractivity contribution in [3.8, 4) is 67.1 Å². The lowest BCUT2D eigenvalue weighted by atomic mass is 9.87. The third-order valence-electron chi connectivity index (χ3n) is 14.0. The lowest BCUT2D eigenvalue weighted by molar-refractivity contribution is 0.202. The van der Waals surface area contributed by atoms with Crippen LogP contribution in [0.25, 0.3) is 136 Å². The molecule has 0 amide bonds. The average Bonchev–Trinajstić information content (AvgIpc) is 4.22. The van der Waals surface area contributed by atoms with Crippen LogP contribution in [0.2, 0.25) is 0 Å². The molecule has 0 bridgehead atoms. The minimum absolute atomic E-state index is 0.130. The van der Waals surface area contributed by atoms with Crippen LogP contribution >= 0.6 is 45.3 Å². The molecule has 0 aliphatic heterocycles. The molecular formula is C64H42O4S4. The molecule has 4 heterocycles. The van der Waals surface area contributed by atoms with E-state index in [0.717, 1.165) is 67.1 Å². The molecule has 0 spiro atoms. The van der Waals surface area contributed by atoms with Crippen LogP contribution in [0.1, 0.15) is 0 Å². The summed E-state index contributed by atoms with van der Waals surface area (Å²) >= 11 is 7.21. The first-order valence-corrected chi connectivity index (χ1v) is 27.4. The number of hydrogen-bond donors (Lipinski definition) is 2. The zero-order chi connectivity index (χ0) is 47.9. The number of hydrogen-bond acceptors (Lipinski definition) is 8. The predicted molar refractivity (Wildman–Crippen MR) is 310 cm³/mol. The van der Waals surface area contributed by atoms with Gasteiger partial charge >= 0.3 is 0 Å². The van der Waals surface area contributed by atoms with Crippen LogP contribution in [0, 0.1) is 0 Å². The van der Waals surface area contributed by atoms with Crippen molar-refractivity contribution < 1.29 is 19.7 Å². The van der Waals surface area contributed by atoms with E-state index in [1.165, 1.54) is 80.7 Å².